The molecule has 1 fully saturated rings. The number of fused-ring (bicyclic) bond motifs is 1. The van der Waals surface area contributed by atoms with Crippen LogP contribution in [0.5, 0.6) is 5.75 Å². The van der Waals surface area contributed by atoms with Gasteiger partial charge < -0.3 is 19.9 Å². The Labute approximate surface area is 186 Å². The van der Waals surface area contributed by atoms with Crippen LogP contribution >= 0.6 is 0 Å². The predicted molar refractivity (Wildman–Crippen MR) is 124 cm³/mol. The predicted octanol–water partition coefficient (Wildman–Crippen LogP) is 4.68. The fourth-order valence-corrected chi connectivity index (χ4v) is 4.36. The van der Waals surface area contributed by atoms with Crippen LogP contribution in [-0.2, 0) is 4.79 Å². The van der Waals surface area contributed by atoms with Crippen molar-refractivity contribution in [1.82, 2.24) is 9.88 Å². The number of aromatic nitrogens is 1. The van der Waals surface area contributed by atoms with Gasteiger partial charge in [0.05, 0.1) is 12.0 Å². The van der Waals surface area contributed by atoms with Gasteiger partial charge in [0.15, 0.2) is 0 Å². The largest absolute Gasteiger partial charge is 0.497 e. The lowest BCUT2D eigenvalue weighted by Gasteiger charge is -2.32. The van der Waals surface area contributed by atoms with Gasteiger partial charge in [-0.15, -0.1) is 0 Å². The second-order valence-corrected chi connectivity index (χ2v) is 8.14. The zero-order valence-electron chi connectivity index (χ0n) is 18.2. The highest BCUT2D eigenvalue weighted by molar-refractivity contribution is 5.85. The molecule has 0 spiro atoms. The number of ether oxygens (including phenoxy) is 1. The second kappa shape index (κ2) is 9.72. The molecule has 2 heterocycles. The van der Waals surface area contributed by atoms with E-state index in [0.717, 1.165) is 49.3 Å². The first-order chi connectivity index (χ1) is 15.5. The highest BCUT2D eigenvalue weighted by Crippen LogP contribution is 2.34. The van der Waals surface area contributed by atoms with Gasteiger partial charge in [-0.3, -0.25) is 14.9 Å². The van der Waals surface area contributed by atoms with E-state index in [1.807, 2.05) is 17.0 Å². The molecule has 1 saturated heterocycles. The molecule has 1 aliphatic rings. The summed E-state index contributed by atoms with van der Waals surface area (Å²) in [4.78, 5) is 28.2. The molecule has 0 bridgehead atoms. The van der Waals surface area contributed by atoms with E-state index in [-0.39, 0.29) is 11.6 Å². The molecule has 0 radical (unpaired) electrons. The number of methoxy groups -OCH3 is 1. The maximum atomic E-state index is 12.6. The first-order valence-electron chi connectivity index (χ1n) is 11.0. The topological polar surface area (TPSA) is 100 Å². The van der Waals surface area contributed by atoms with E-state index in [1.54, 1.807) is 19.2 Å². The van der Waals surface area contributed by atoms with Crippen molar-refractivity contribution in [1.29, 1.82) is 0 Å². The number of amides is 1. The molecule has 0 aliphatic carbocycles. The Morgan fingerprint density at radius 3 is 2.66 bits per heavy atom. The molecule has 2 aromatic carbocycles. The number of nitro benzene ring substituents is 1. The van der Waals surface area contributed by atoms with E-state index >= 15 is 0 Å². The summed E-state index contributed by atoms with van der Waals surface area (Å²) in [6.07, 6.45) is 5.22. The average Bonchev–Trinajstić information content (AvgIpc) is 3.25. The molecule has 1 aromatic heterocycles. The monoisotopic (exact) mass is 436 g/mol. The lowest BCUT2D eigenvalue weighted by Crippen LogP contribution is -2.37. The van der Waals surface area contributed by atoms with Gasteiger partial charge in [-0.05, 0) is 61.1 Å². The van der Waals surface area contributed by atoms with Crippen molar-refractivity contribution >= 4 is 28.2 Å². The lowest BCUT2D eigenvalue weighted by molar-refractivity contribution is -0.384. The fraction of sp³-hybridized carbons (Fsp3) is 0.375. The Morgan fingerprint density at radius 2 is 1.97 bits per heavy atom. The molecule has 0 unspecified atom stereocenters. The van der Waals surface area contributed by atoms with E-state index in [1.165, 1.54) is 23.1 Å². The Bertz CT molecular complexity index is 1090. The molecule has 8 nitrogen and oxygen atoms in total. The first kappa shape index (κ1) is 21.7. The van der Waals surface area contributed by atoms with Crippen LogP contribution in [0.1, 0.15) is 37.2 Å². The lowest BCUT2D eigenvalue weighted by atomic mass is 9.89. The highest BCUT2D eigenvalue weighted by atomic mass is 16.6. The molecular weight excluding hydrogens is 408 g/mol. The second-order valence-electron chi connectivity index (χ2n) is 8.14. The van der Waals surface area contributed by atoms with E-state index < -0.39 is 4.92 Å². The molecule has 2 N–H and O–H groups in total. The van der Waals surface area contributed by atoms with Crippen LogP contribution in [0.25, 0.3) is 10.9 Å². The first-order valence-corrected chi connectivity index (χ1v) is 11.0. The van der Waals surface area contributed by atoms with Crippen molar-refractivity contribution in [3.63, 3.8) is 0 Å². The van der Waals surface area contributed by atoms with Gasteiger partial charge in [-0.2, -0.15) is 0 Å². The van der Waals surface area contributed by atoms with Crippen LogP contribution in [0.4, 0.5) is 11.4 Å². The fourth-order valence-electron chi connectivity index (χ4n) is 4.36. The van der Waals surface area contributed by atoms with Gasteiger partial charge in [0.25, 0.3) is 5.69 Å². The third-order valence-corrected chi connectivity index (χ3v) is 6.18. The molecule has 8 heteroatoms. The number of non-ortho nitro benzene ring substituents is 1. The zero-order chi connectivity index (χ0) is 22.5. The van der Waals surface area contributed by atoms with Crippen molar-refractivity contribution in [2.24, 2.45) is 0 Å². The summed E-state index contributed by atoms with van der Waals surface area (Å²) in [6.45, 7) is 2.20. The SMILES string of the molecule is COc1ccc2[nH]cc(C3CCN(C(=O)CCCNc4ccc([N+](=O)[O-])cc4)CC3)c2c1. The van der Waals surface area contributed by atoms with Gasteiger partial charge in [0.2, 0.25) is 5.91 Å². The number of H-pyrrole nitrogens is 1. The van der Waals surface area contributed by atoms with Crippen LogP contribution in [0.3, 0.4) is 0 Å². The van der Waals surface area contributed by atoms with Crippen molar-refractivity contribution in [2.45, 2.75) is 31.6 Å². The number of carbonyl (C=O) groups is 1. The van der Waals surface area contributed by atoms with E-state index in [9.17, 15) is 14.9 Å². The molecule has 3 aromatic rings. The summed E-state index contributed by atoms with van der Waals surface area (Å²) in [7, 11) is 1.68. The number of rotatable bonds is 8. The van der Waals surface area contributed by atoms with Crippen LogP contribution in [0.15, 0.2) is 48.7 Å². The van der Waals surface area contributed by atoms with Crippen molar-refractivity contribution in [3.8, 4) is 5.75 Å². The Kier molecular flexibility index (Phi) is 6.58. The summed E-state index contributed by atoms with van der Waals surface area (Å²) in [5.74, 6) is 1.48. The maximum absolute atomic E-state index is 12.6. The Balaban J connectivity index is 1.23. The minimum Gasteiger partial charge on any atom is -0.497 e. The molecule has 1 amide bonds. The van der Waals surface area contributed by atoms with Crippen molar-refractivity contribution in [2.75, 3.05) is 32.1 Å². The smallest absolute Gasteiger partial charge is 0.269 e. The van der Waals surface area contributed by atoms with Crippen LogP contribution in [0, 0.1) is 10.1 Å². The molecule has 0 atom stereocenters. The Hall–Kier alpha value is -3.55. The number of aromatic amines is 1. The third-order valence-electron chi connectivity index (χ3n) is 6.18. The Morgan fingerprint density at radius 1 is 1.22 bits per heavy atom. The number of carbonyl (C=O) groups excluding carboxylic acids is 1. The quantitative estimate of drug-likeness (QED) is 0.303. The number of nitro groups is 1. The van der Waals surface area contributed by atoms with Crippen molar-refractivity contribution < 1.29 is 14.5 Å². The minimum absolute atomic E-state index is 0.0703. The van der Waals surface area contributed by atoms with Crippen LogP contribution in [0.2, 0.25) is 0 Å². The number of nitrogens with zero attached hydrogens (tertiary/aromatic N) is 2. The molecule has 0 saturated carbocycles. The number of hydrogen-bond acceptors (Lipinski definition) is 5. The summed E-state index contributed by atoms with van der Waals surface area (Å²) >= 11 is 0. The number of likely N-dealkylation sites (tertiary alicyclic amines) is 1. The van der Waals surface area contributed by atoms with E-state index in [2.05, 4.69) is 22.6 Å². The standard InChI is InChI=1S/C24H28N4O4/c1-32-20-8-9-23-21(15-20)22(16-26-23)17-10-13-27(14-11-17)24(29)3-2-12-25-18-4-6-19(7-5-18)28(30)31/h4-9,15-17,25-26H,2-3,10-14H2,1H3. The summed E-state index contributed by atoms with van der Waals surface area (Å²) < 4.78 is 5.37. The molecule has 4 rings (SSSR count). The minimum atomic E-state index is -0.416. The van der Waals surface area contributed by atoms with Crippen LogP contribution < -0.4 is 10.1 Å². The average molecular weight is 437 g/mol. The third kappa shape index (κ3) is 4.85. The van der Waals surface area contributed by atoms with Crippen LogP contribution in [-0.4, -0.2) is 47.5 Å². The van der Waals surface area contributed by atoms with Gasteiger partial charge in [0, 0.05) is 61.0 Å². The molecular formula is C24H28N4O4. The number of hydrogen-bond donors (Lipinski definition) is 2. The maximum Gasteiger partial charge on any atom is 0.269 e. The zero-order valence-corrected chi connectivity index (χ0v) is 18.2. The van der Waals surface area contributed by atoms with Crippen molar-refractivity contribution in [3.05, 3.63) is 64.3 Å². The molecule has 1 aliphatic heterocycles. The van der Waals surface area contributed by atoms with Gasteiger partial charge in [-0.25, -0.2) is 0 Å². The number of benzene rings is 2. The molecule has 32 heavy (non-hydrogen) atoms. The number of piperidine rings is 1. The van der Waals surface area contributed by atoms with E-state index in [0.29, 0.717) is 18.9 Å². The van der Waals surface area contributed by atoms with Gasteiger partial charge in [0.1, 0.15) is 5.75 Å². The normalized spacial score (nSPS) is 14.5. The number of nitrogens with one attached hydrogen (secondary N) is 2. The molecule has 168 valence electrons. The van der Waals surface area contributed by atoms with Gasteiger partial charge in [-0.1, -0.05) is 0 Å². The highest BCUT2D eigenvalue weighted by Gasteiger charge is 2.25. The summed E-state index contributed by atoms with van der Waals surface area (Å²) in [5.41, 5.74) is 3.30. The van der Waals surface area contributed by atoms with E-state index in [4.69, 9.17) is 4.74 Å². The number of anilines is 1. The summed E-state index contributed by atoms with van der Waals surface area (Å²) in [6, 6.07) is 12.4. The summed E-state index contributed by atoms with van der Waals surface area (Å²) in [5, 5.41) is 15.1. The van der Waals surface area contributed by atoms with Gasteiger partial charge >= 0.3 is 0 Å².